The Labute approximate surface area is 98.8 Å². The zero-order valence-electron chi connectivity index (χ0n) is 10.8. The summed E-state index contributed by atoms with van der Waals surface area (Å²) >= 11 is 0. The zero-order valence-corrected chi connectivity index (χ0v) is 10.8. The maximum atomic E-state index is 5.55. The first-order valence-corrected chi connectivity index (χ1v) is 6.11. The van der Waals surface area contributed by atoms with Crippen LogP contribution >= 0.6 is 0 Å². The van der Waals surface area contributed by atoms with E-state index in [2.05, 4.69) is 23.3 Å². The molecule has 0 bridgehead atoms. The highest BCUT2D eigenvalue weighted by Gasteiger charge is 2.03. The number of nitrogens with zero attached hydrogens (tertiary/aromatic N) is 1. The van der Waals surface area contributed by atoms with E-state index in [1.165, 1.54) is 19.3 Å². The number of hydrogen-bond acceptors (Lipinski definition) is 3. The van der Waals surface area contributed by atoms with E-state index in [9.17, 15) is 0 Å². The Morgan fingerprint density at radius 3 is 2.69 bits per heavy atom. The van der Waals surface area contributed by atoms with Crippen molar-refractivity contribution in [1.82, 2.24) is 10.2 Å². The lowest BCUT2D eigenvalue weighted by Gasteiger charge is -2.14. The molecule has 3 heteroatoms. The van der Waals surface area contributed by atoms with Crippen LogP contribution in [0.3, 0.4) is 0 Å². The van der Waals surface area contributed by atoms with Gasteiger partial charge in [0.2, 0.25) is 0 Å². The molecule has 1 rings (SSSR count). The van der Waals surface area contributed by atoms with E-state index in [4.69, 9.17) is 4.42 Å². The summed E-state index contributed by atoms with van der Waals surface area (Å²) in [6.07, 6.45) is 3.82. The van der Waals surface area contributed by atoms with Gasteiger partial charge in [0, 0.05) is 0 Å². The number of unbranched alkanes of at least 4 members (excludes halogenated alkanes) is 2. The third-order valence-electron chi connectivity index (χ3n) is 2.69. The molecule has 0 amide bonds. The minimum atomic E-state index is 0.917. The SMILES string of the molecule is CNCCCCCN(C)Cc1ccc(C)o1. The van der Waals surface area contributed by atoms with Crippen LogP contribution < -0.4 is 5.32 Å². The van der Waals surface area contributed by atoms with Crippen LogP contribution in [0, 0.1) is 6.92 Å². The van der Waals surface area contributed by atoms with Gasteiger partial charge in [-0.1, -0.05) is 6.42 Å². The number of hydrogen-bond donors (Lipinski definition) is 1. The van der Waals surface area contributed by atoms with Gasteiger partial charge in [-0.2, -0.15) is 0 Å². The molecule has 92 valence electrons. The van der Waals surface area contributed by atoms with Gasteiger partial charge >= 0.3 is 0 Å². The molecule has 1 aromatic heterocycles. The van der Waals surface area contributed by atoms with Gasteiger partial charge in [-0.25, -0.2) is 0 Å². The Morgan fingerprint density at radius 2 is 2.06 bits per heavy atom. The molecule has 1 N–H and O–H groups in total. The highest BCUT2D eigenvalue weighted by molar-refractivity contribution is 5.05. The van der Waals surface area contributed by atoms with E-state index < -0.39 is 0 Å². The van der Waals surface area contributed by atoms with E-state index >= 15 is 0 Å². The van der Waals surface area contributed by atoms with Crippen molar-refractivity contribution >= 4 is 0 Å². The van der Waals surface area contributed by atoms with Gasteiger partial charge in [0.05, 0.1) is 6.54 Å². The van der Waals surface area contributed by atoms with Crippen LogP contribution in [0.2, 0.25) is 0 Å². The molecule has 0 aliphatic heterocycles. The average Bonchev–Trinajstić information content (AvgIpc) is 2.63. The predicted octanol–water partition coefficient (Wildman–Crippen LogP) is 2.41. The number of rotatable bonds is 8. The summed E-state index contributed by atoms with van der Waals surface area (Å²) in [6.45, 7) is 5.17. The lowest BCUT2D eigenvalue weighted by Crippen LogP contribution is -2.19. The first-order valence-electron chi connectivity index (χ1n) is 6.11. The molecule has 0 aromatic carbocycles. The molecule has 3 nitrogen and oxygen atoms in total. The molecule has 1 aromatic rings. The zero-order chi connectivity index (χ0) is 11.8. The highest BCUT2D eigenvalue weighted by atomic mass is 16.3. The van der Waals surface area contributed by atoms with Crippen LogP contribution in [0.15, 0.2) is 16.5 Å². The van der Waals surface area contributed by atoms with Crippen LogP contribution in [0.4, 0.5) is 0 Å². The van der Waals surface area contributed by atoms with Crippen molar-refractivity contribution in [2.45, 2.75) is 32.7 Å². The van der Waals surface area contributed by atoms with Crippen molar-refractivity contribution in [2.24, 2.45) is 0 Å². The van der Waals surface area contributed by atoms with E-state index in [1.807, 2.05) is 20.0 Å². The molecule has 0 spiro atoms. The van der Waals surface area contributed by atoms with Gasteiger partial charge in [-0.3, -0.25) is 4.90 Å². The Kier molecular flexibility index (Phi) is 6.19. The normalized spacial score (nSPS) is 11.2. The fraction of sp³-hybridized carbons (Fsp3) is 0.692. The number of furan rings is 1. The second-order valence-electron chi connectivity index (χ2n) is 4.41. The molecular formula is C13H24N2O. The maximum absolute atomic E-state index is 5.55. The topological polar surface area (TPSA) is 28.4 Å². The molecule has 0 atom stereocenters. The Hall–Kier alpha value is -0.800. The van der Waals surface area contributed by atoms with E-state index in [1.54, 1.807) is 0 Å². The lowest BCUT2D eigenvalue weighted by molar-refractivity contribution is 0.285. The minimum absolute atomic E-state index is 0.917. The maximum Gasteiger partial charge on any atom is 0.118 e. The van der Waals surface area contributed by atoms with E-state index in [0.29, 0.717) is 0 Å². The van der Waals surface area contributed by atoms with Crippen molar-refractivity contribution in [2.75, 3.05) is 27.2 Å². The highest BCUT2D eigenvalue weighted by Crippen LogP contribution is 2.09. The molecule has 0 aliphatic carbocycles. The fourth-order valence-electron chi connectivity index (χ4n) is 1.78. The average molecular weight is 224 g/mol. The summed E-state index contributed by atoms with van der Waals surface area (Å²) in [6, 6.07) is 4.09. The number of aryl methyl sites for hydroxylation is 1. The Bertz CT molecular complexity index is 283. The Morgan fingerprint density at radius 1 is 1.25 bits per heavy atom. The van der Waals surface area contributed by atoms with Crippen molar-refractivity contribution in [3.05, 3.63) is 23.7 Å². The van der Waals surface area contributed by atoms with Crippen LogP contribution in [0.25, 0.3) is 0 Å². The summed E-state index contributed by atoms with van der Waals surface area (Å²) in [4.78, 5) is 2.32. The van der Waals surface area contributed by atoms with Gasteiger partial charge in [0.1, 0.15) is 11.5 Å². The van der Waals surface area contributed by atoms with Crippen molar-refractivity contribution in [3.8, 4) is 0 Å². The molecule has 0 saturated heterocycles. The van der Waals surface area contributed by atoms with Gasteiger partial charge in [0.15, 0.2) is 0 Å². The third-order valence-corrected chi connectivity index (χ3v) is 2.69. The lowest BCUT2D eigenvalue weighted by atomic mass is 10.2. The smallest absolute Gasteiger partial charge is 0.118 e. The standard InChI is InChI=1S/C13H24N2O/c1-12-7-8-13(16-12)11-15(3)10-6-4-5-9-14-2/h7-8,14H,4-6,9-11H2,1-3H3. The molecule has 0 saturated carbocycles. The van der Waals surface area contributed by atoms with Crippen LogP contribution in [0.1, 0.15) is 30.8 Å². The number of nitrogens with one attached hydrogen (secondary N) is 1. The predicted molar refractivity (Wildman–Crippen MR) is 67.6 cm³/mol. The second kappa shape index (κ2) is 7.47. The van der Waals surface area contributed by atoms with Gasteiger partial charge < -0.3 is 9.73 Å². The third kappa shape index (κ3) is 5.33. The first-order chi connectivity index (χ1) is 7.72. The van der Waals surface area contributed by atoms with Crippen molar-refractivity contribution in [3.63, 3.8) is 0 Å². The van der Waals surface area contributed by atoms with Gasteiger partial charge in [-0.15, -0.1) is 0 Å². The van der Waals surface area contributed by atoms with Crippen LogP contribution in [-0.2, 0) is 6.54 Å². The molecule has 1 heterocycles. The molecule has 0 radical (unpaired) electrons. The molecular weight excluding hydrogens is 200 g/mol. The van der Waals surface area contributed by atoms with Gasteiger partial charge in [-0.05, 0) is 59.1 Å². The molecule has 16 heavy (non-hydrogen) atoms. The minimum Gasteiger partial charge on any atom is -0.465 e. The van der Waals surface area contributed by atoms with Gasteiger partial charge in [0.25, 0.3) is 0 Å². The summed E-state index contributed by atoms with van der Waals surface area (Å²) < 4.78 is 5.55. The molecule has 0 unspecified atom stereocenters. The Balaban J connectivity index is 2.09. The summed E-state index contributed by atoms with van der Waals surface area (Å²) in [5.74, 6) is 2.06. The first kappa shape index (κ1) is 13.3. The van der Waals surface area contributed by atoms with Crippen molar-refractivity contribution < 1.29 is 4.42 Å². The van der Waals surface area contributed by atoms with E-state index in [0.717, 1.165) is 31.2 Å². The van der Waals surface area contributed by atoms with Crippen LogP contribution in [-0.4, -0.2) is 32.1 Å². The van der Waals surface area contributed by atoms with Crippen LogP contribution in [0.5, 0.6) is 0 Å². The molecule has 0 aliphatic rings. The second-order valence-corrected chi connectivity index (χ2v) is 4.41. The summed E-state index contributed by atoms with van der Waals surface area (Å²) in [5.41, 5.74) is 0. The van der Waals surface area contributed by atoms with E-state index in [-0.39, 0.29) is 0 Å². The summed E-state index contributed by atoms with van der Waals surface area (Å²) in [5, 5.41) is 3.17. The molecule has 0 fully saturated rings. The fourth-order valence-corrected chi connectivity index (χ4v) is 1.78. The summed E-state index contributed by atoms with van der Waals surface area (Å²) in [7, 11) is 4.15. The quantitative estimate of drug-likeness (QED) is 0.687. The largest absolute Gasteiger partial charge is 0.465 e. The van der Waals surface area contributed by atoms with Crippen molar-refractivity contribution in [1.29, 1.82) is 0 Å². The monoisotopic (exact) mass is 224 g/mol.